The average molecular weight is 568 g/mol. The van der Waals surface area contributed by atoms with Gasteiger partial charge in [0, 0.05) is 12.8 Å². The molecule has 0 saturated heterocycles. The fourth-order valence-corrected chi connectivity index (χ4v) is 3.76. The normalized spacial score (nSPS) is 14.7. The zero-order chi connectivity index (χ0) is 30.9. The molecule has 0 spiro atoms. The number of rotatable bonds is 11. The summed E-state index contributed by atoms with van der Waals surface area (Å²) in [6.07, 6.45) is -1.35. The molecular weight excluding hydrogens is 522 g/mol. The highest BCUT2D eigenvalue weighted by atomic mass is 16.8. The zero-order valence-corrected chi connectivity index (χ0v) is 25.4. The van der Waals surface area contributed by atoms with Crippen molar-refractivity contribution in [3.63, 3.8) is 0 Å². The van der Waals surface area contributed by atoms with Gasteiger partial charge in [0.05, 0.1) is 13.0 Å². The van der Waals surface area contributed by atoms with Gasteiger partial charge < -0.3 is 34.2 Å². The highest BCUT2D eigenvalue weighted by Gasteiger charge is 2.38. The number of benzene rings is 1. The van der Waals surface area contributed by atoms with Crippen molar-refractivity contribution >= 4 is 24.2 Å². The van der Waals surface area contributed by atoms with E-state index in [1.165, 1.54) is 19.2 Å². The van der Waals surface area contributed by atoms with E-state index in [1.54, 1.807) is 61.5 Å². The SMILES string of the molecule is CCCC(C)C(=O)O[C@@H](C)CC(N)(Cc1ccc(OC(=O)OC(C)(C)C)c(OC(=O)OC(C)(C)C)c1)C(=O)OC. The molecule has 11 nitrogen and oxygen atoms in total. The van der Waals surface area contributed by atoms with Crippen LogP contribution in [-0.2, 0) is 35.0 Å². The van der Waals surface area contributed by atoms with Gasteiger partial charge in [-0.05, 0) is 72.6 Å². The Kier molecular flexibility index (Phi) is 12.4. The van der Waals surface area contributed by atoms with Crippen LogP contribution in [0.4, 0.5) is 9.59 Å². The summed E-state index contributed by atoms with van der Waals surface area (Å²) in [6.45, 7) is 15.4. The van der Waals surface area contributed by atoms with E-state index in [2.05, 4.69) is 0 Å². The summed E-state index contributed by atoms with van der Waals surface area (Å²) < 4.78 is 31.5. The van der Waals surface area contributed by atoms with Crippen molar-refractivity contribution in [1.29, 1.82) is 0 Å². The minimum atomic E-state index is -1.60. The molecule has 0 radical (unpaired) electrons. The Balaban J connectivity index is 3.30. The molecule has 1 aromatic carbocycles. The summed E-state index contributed by atoms with van der Waals surface area (Å²) in [5.74, 6) is -1.66. The maximum Gasteiger partial charge on any atom is 0.514 e. The van der Waals surface area contributed by atoms with E-state index < -0.39 is 41.1 Å². The van der Waals surface area contributed by atoms with Crippen LogP contribution >= 0.6 is 0 Å². The van der Waals surface area contributed by atoms with Crippen LogP contribution in [0.25, 0.3) is 0 Å². The molecule has 1 aromatic rings. The molecule has 0 amide bonds. The number of hydrogen-bond donors (Lipinski definition) is 1. The van der Waals surface area contributed by atoms with E-state index in [9.17, 15) is 19.2 Å². The van der Waals surface area contributed by atoms with Crippen LogP contribution < -0.4 is 15.2 Å². The van der Waals surface area contributed by atoms with Crippen molar-refractivity contribution in [3.8, 4) is 11.5 Å². The van der Waals surface area contributed by atoms with Crippen LogP contribution in [-0.4, -0.2) is 54.2 Å². The Morgan fingerprint density at radius 2 is 1.40 bits per heavy atom. The second kappa shape index (κ2) is 14.3. The molecule has 1 rings (SSSR count). The third kappa shape index (κ3) is 12.2. The number of carbonyl (C=O) groups is 4. The molecule has 0 saturated carbocycles. The molecule has 0 aromatic heterocycles. The van der Waals surface area contributed by atoms with Gasteiger partial charge in [0.2, 0.25) is 0 Å². The maximum absolute atomic E-state index is 12.8. The van der Waals surface area contributed by atoms with Crippen molar-refractivity contribution in [3.05, 3.63) is 23.8 Å². The van der Waals surface area contributed by atoms with Crippen molar-refractivity contribution < 1.29 is 47.6 Å². The Hall–Kier alpha value is -3.34. The summed E-state index contributed by atoms with van der Waals surface area (Å²) in [6, 6.07) is 4.33. The first-order valence-electron chi connectivity index (χ1n) is 13.3. The lowest BCUT2D eigenvalue weighted by Crippen LogP contribution is -2.53. The van der Waals surface area contributed by atoms with Crippen LogP contribution in [0.1, 0.15) is 87.1 Å². The predicted molar refractivity (Wildman–Crippen MR) is 147 cm³/mol. The molecule has 0 heterocycles. The number of hydrogen-bond acceptors (Lipinski definition) is 11. The van der Waals surface area contributed by atoms with Gasteiger partial charge >= 0.3 is 24.2 Å². The van der Waals surface area contributed by atoms with E-state index in [1.807, 2.05) is 6.92 Å². The fourth-order valence-electron chi connectivity index (χ4n) is 3.76. The Morgan fingerprint density at radius 3 is 1.88 bits per heavy atom. The first kappa shape index (κ1) is 34.7. The number of methoxy groups -OCH3 is 1. The first-order valence-corrected chi connectivity index (χ1v) is 13.3. The molecule has 0 aliphatic carbocycles. The highest BCUT2D eigenvalue weighted by molar-refractivity contribution is 5.81. The van der Waals surface area contributed by atoms with E-state index in [4.69, 9.17) is 34.2 Å². The van der Waals surface area contributed by atoms with Gasteiger partial charge in [-0.2, -0.15) is 0 Å². The fraction of sp³-hybridized carbons (Fsp3) is 0.655. The van der Waals surface area contributed by atoms with Crippen molar-refractivity contribution in [2.24, 2.45) is 11.7 Å². The molecule has 2 N–H and O–H groups in total. The van der Waals surface area contributed by atoms with Crippen molar-refractivity contribution in [2.45, 2.75) is 111 Å². The largest absolute Gasteiger partial charge is 0.514 e. The number of carbonyl (C=O) groups excluding carboxylic acids is 4. The molecule has 0 bridgehead atoms. The summed E-state index contributed by atoms with van der Waals surface area (Å²) in [5.41, 5.74) is 3.69. The van der Waals surface area contributed by atoms with Gasteiger partial charge in [0.25, 0.3) is 0 Å². The summed E-state index contributed by atoms with van der Waals surface area (Å²) in [5, 5.41) is 0. The molecule has 40 heavy (non-hydrogen) atoms. The third-order valence-electron chi connectivity index (χ3n) is 5.38. The molecule has 11 heteroatoms. The maximum atomic E-state index is 12.8. The van der Waals surface area contributed by atoms with E-state index in [-0.39, 0.29) is 36.2 Å². The van der Waals surface area contributed by atoms with Crippen LogP contribution in [0, 0.1) is 5.92 Å². The average Bonchev–Trinajstić information content (AvgIpc) is 2.77. The minimum Gasteiger partial charge on any atom is -0.468 e. The molecule has 226 valence electrons. The second-order valence-corrected chi connectivity index (χ2v) is 11.9. The Bertz CT molecular complexity index is 1040. The number of esters is 2. The molecule has 3 atom stereocenters. The van der Waals surface area contributed by atoms with Gasteiger partial charge in [-0.1, -0.05) is 26.3 Å². The second-order valence-electron chi connectivity index (χ2n) is 11.9. The highest BCUT2D eigenvalue weighted by Crippen LogP contribution is 2.32. The monoisotopic (exact) mass is 567 g/mol. The van der Waals surface area contributed by atoms with Gasteiger partial charge in [-0.25, -0.2) is 9.59 Å². The van der Waals surface area contributed by atoms with Crippen LogP contribution in [0.5, 0.6) is 11.5 Å². The van der Waals surface area contributed by atoms with Gasteiger partial charge in [-0.3, -0.25) is 9.59 Å². The van der Waals surface area contributed by atoms with Crippen LogP contribution in [0.3, 0.4) is 0 Å². The zero-order valence-electron chi connectivity index (χ0n) is 25.4. The number of ether oxygens (including phenoxy) is 6. The predicted octanol–water partition coefficient (Wildman–Crippen LogP) is 5.49. The lowest BCUT2D eigenvalue weighted by molar-refractivity contribution is -0.157. The van der Waals surface area contributed by atoms with Crippen molar-refractivity contribution in [1.82, 2.24) is 0 Å². The van der Waals surface area contributed by atoms with Gasteiger partial charge in [-0.15, -0.1) is 0 Å². The first-order chi connectivity index (χ1) is 18.3. The molecule has 0 fully saturated rings. The molecule has 0 aliphatic rings. The van der Waals surface area contributed by atoms with Gasteiger partial charge in [0.1, 0.15) is 22.8 Å². The molecular formula is C29H45NO10. The van der Waals surface area contributed by atoms with Gasteiger partial charge in [0.15, 0.2) is 11.5 Å². The molecule has 0 aliphatic heterocycles. The lowest BCUT2D eigenvalue weighted by Gasteiger charge is -2.30. The van der Waals surface area contributed by atoms with E-state index in [0.717, 1.165) is 6.42 Å². The smallest absolute Gasteiger partial charge is 0.468 e. The third-order valence-corrected chi connectivity index (χ3v) is 5.38. The quantitative estimate of drug-likeness (QED) is 0.205. The summed E-state index contributed by atoms with van der Waals surface area (Å²) in [4.78, 5) is 49.9. The minimum absolute atomic E-state index is 0.0390. The topological polar surface area (TPSA) is 150 Å². The Labute approximate surface area is 236 Å². The molecule has 2 unspecified atom stereocenters. The summed E-state index contributed by atoms with van der Waals surface area (Å²) >= 11 is 0. The standard InChI is InChI=1S/C29H45NO10/c1-11-12-18(2)23(31)36-19(3)16-29(30,24(32)35-10)17-20-13-14-21(37-25(33)39-27(4,5)6)22(15-20)38-26(34)40-28(7,8)9/h13-15,18-19H,11-12,16-17,30H2,1-10H3/t18?,19-,29?/m0/s1. The summed E-state index contributed by atoms with van der Waals surface area (Å²) in [7, 11) is 1.21. The van der Waals surface area contributed by atoms with Crippen molar-refractivity contribution in [2.75, 3.05) is 7.11 Å². The number of nitrogens with two attached hydrogens (primary N) is 1. The van der Waals surface area contributed by atoms with E-state index in [0.29, 0.717) is 12.0 Å². The Morgan fingerprint density at radius 1 is 0.875 bits per heavy atom. The van der Waals surface area contributed by atoms with Crippen LogP contribution in [0.15, 0.2) is 18.2 Å². The lowest BCUT2D eigenvalue weighted by atomic mass is 9.86. The van der Waals surface area contributed by atoms with Crippen LogP contribution in [0.2, 0.25) is 0 Å². The van der Waals surface area contributed by atoms with E-state index >= 15 is 0 Å².